The molecule has 0 aromatic heterocycles. The van der Waals surface area contributed by atoms with Gasteiger partial charge < -0.3 is 10.1 Å². The fraction of sp³-hybridized carbons (Fsp3) is 0.514. The summed E-state index contributed by atoms with van der Waals surface area (Å²) in [7, 11) is 0. The van der Waals surface area contributed by atoms with Crippen LogP contribution in [0.4, 0.5) is 5.69 Å². The molecule has 4 nitrogen and oxygen atoms in total. The average Bonchev–Trinajstić information content (AvgIpc) is 3.26. The van der Waals surface area contributed by atoms with Gasteiger partial charge in [0.05, 0.1) is 6.61 Å². The molecule has 0 unspecified atom stereocenters. The number of hydrogen-bond acceptors (Lipinski definition) is 4. The summed E-state index contributed by atoms with van der Waals surface area (Å²) in [5.41, 5.74) is 5.57. The highest BCUT2D eigenvalue weighted by Gasteiger charge is 2.34. The first-order chi connectivity index (χ1) is 20.1. The third-order valence-electron chi connectivity index (χ3n) is 9.68. The summed E-state index contributed by atoms with van der Waals surface area (Å²) < 4.78 is 5.78. The molecular weight excluding hydrogens is 506 g/mol. The van der Waals surface area contributed by atoms with E-state index in [1.54, 1.807) is 0 Å². The van der Waals surface area contributed by atoms with Crippen molar-refractivity contribution in [2.45, 2.75) is 84.5 Å². The first-order valence-corrected chi connectivity index (χ1v) is 16.1. The summed E-state index contributed by atoms with van der Waals surface area (Å²) in [6.45, 7) is 5.85. The number of ether oxygens (including phenoxy) is 1. The molecule has 2 fully saturated rings. The van der Waals surface area contributed by atoms with Crippen LogP contribution in [0.1, 0.15) is 98.7 Å². The molecule has 41 heavy (non-hydrogen) atoms. The predicted molar refractivity (Wildman–Crippen MR) is 169 cm³/mol. The van der Waals surface area contributed by atoms with Crippen molar-refractivity contribution in [3.8, 4) is 5.75 Å². The van der Waals surface area contributed by atoms with Crippen molar-refractivity contribution in [3.05, 3.63) is 76.9 Å². The maximum Gasteiger partial charge on any atom is 0.166 e. The van der Waals surface area contributed by atoms with Gasteiger partial charge in [0, 0.05) is 35.2 Å². The molecule has 5 rings (SSSR count). The molecule has 0 amide bonds. The van der Waals surface area contributed by atoms with Crippen molar-refractivity contribution < 1.29 is 14.3 Å². The number of anilines is 1. The molecule has 1 N–H and O–H groups in total. The van der Waals surface area contributed by atoms with Crippen LogP contribution in [0.3, 0.4) is 0 Å². The third kappa shape index (κ3) is 7.39. The highest BCUT2D eigenvalue weighted by Crippen LogP contribution is 2.42. The van der Waals surface area contributed by atoms with Crippen molar-refractivity contribution in [2.75, 3.05) is 18.5 Å². The average molecular weight is 554 g/mol. The SMILES string of the molecule is CCNc1cc(C(=O)C2CCC(C3CCC(C(=O)/C=C\Cc4ccc5c(c4)C=CCCO5)CC3)CC2)ccc1CC. The quantitative estimate of drug-likeness (QED) is 0.236. The van der Waals surface area contributed by atoms with Crippen molar-refractivity contribution in [2.24, 2.45) is 23.7 Å². The first kappa shape index (κ1) is 29.4. The molecule has 0 radical (unpaired) electrons. The molecule has 0 bridgehead atoms. The number of ketones is 2. The van der Waals surface area contributed by atoms with Crippen LogP contribution in [0.5, 0.6) is 5.75 Å². The summed E-state index contributed by atoms with van der Waals surface area (Å²) in [5, 5.41) is 3.43. The Morgan fingerprint density at radius 3 is 2.34 bits per heavy atom. The number of hydrogen-bond donors (Lipinski definition) is 1. The highest BCUT2D eigenvalue weighted by atomic mass is 16.5. The minimum absolute atomic E-state index is 0.152. The van der Waals surface area contributed by atoms with E-state index < -0.39 is 0 Å². The lowest BCUT2D eigenvalue weighted by Crippen LogP contribution is -2.29. The van der Waals surface area contributed by atoms with E-state index in [-0.39, 0.29) is 11.8 Å². The lowest BCUT2D eigenvalue weighted by atomic mass is 9.68. The second-order valence-electron chi connectivity index (χ2n) is 12.3. The van der Waals surface area contributed by atoms with Gasteiger partial charge in [0.1, 0.15) is 5.75 Å². The van der Waals surface area contributed by atoms with Gasteiger partial charge in [0.15, 0.2) is 11.6 Å². The smallest absolute Gasteiger partial charge is 0.166 e. The summed E-state index contributed by atoms with van der Waals surface area (Å²) in [6, 6.07) is 12.5. The number of benzene rings is 2. The van der Waals surface area contributed by atoms with Gasteiger partial charge in [-0.05, 0) is 125 Å². The molecular formula is C37H47NO3. The summed E-state index contributed by atoms with van der Waals surface area (Å²) >= 11 is 0. The van der Waals surface area contributed by atoms with Crippen molar-refractivity contribution >= 4 is 23.3 Å². The number of Topliss-reactive ketones (excluding diaryl/α,β-unsaturated/α-hetero) is 1. The van der Waals surface area contributed by atoms with Crippen LogP contribution in [0.15, 0.2) is 54.6 Å². The Morgan fingerprint density at radius 1 is 0.902 bits per heavy atom. The van der Waals surface area contributed by atoms with Gasteiger partial charge in [-0.3, -0.25) is 9.59 Å². The molecule has 2 aliphatic carbocycles. The zero-order chi connectivity index (χ0) is 28.6. The molecule has 0 spiro atoms. The van der Waals surface area contributed by atoms with Gasteiger partial charge in [0.25, 0.3) is 0 Å². The molecule has 2 saturated carbocycles. The summed E-state index contributed by atoms with van der Waals surface area (Å²) in [4.78, 5) is 26.3. The van der Waals surface area contributed by atoms with E-state index in [4.69, 9.17) is 4.74 Å². The molecule has 2 aromatic rings. The number of allylic oxidation sites excluding steroid dienone is 2. The minimum atomic E-state index is 0.152. The number of nitrogens with one attached hydrogen (secondary N) is 1. The number of carbonyl (C=O) groups is 2. The van der Waals surface area contributed by atoms with Crippen LogP contribution < -0.4 is 10.1 Å². The molecule has 1 heterocycles. The van der Waals surface area contributed by atoms with E-state index in [2.05, 4.69) is 55.6 Å². The zero-order valence-corrected chi connectivity index (χ0v) is 25.0. The Kier molecular flexibility index (Phi) is 10.1. The molecule has 3 aliphatic rings. The summed E-state index contributed by atoms with van der Waals surface area (Å²) in [6.07, 6.45) is 19.4. The van der Waals surface area contributed by atoms with E-state index in [0.29, 0.717) is 23.4 Å². The van der Waals surface area contributed by atoms with Crippen LogP contribution in [-0.2, 0) is 17.6 Å². The van der Waals surface area contributed by atoms with Gasteiger partial charge in [-0.2, -0.15) is 0 Å². The van der Waals surface area contributed by atoms with E-state index in [1.165, 1.54) is 11.1 Å². The number of fused-ring (bicyclic) bond motifs is 1. The first-order valence-electron chi connectivity index (χ1n) is 16.1. The Balaban J connectivity index is 1.06. The molecule has 1 aliphatic heterocycles. The van der Waals surface area contributed by atoms with Gasteiger partial charge in [-0.15, -0.1) is 0 Å². The van der Waals surface area contributed by atoms with Crippen LogP contribution in [0.25, 0.3) is 6.08 Å². The second kappa shape index (κ2) is 14.2. The predicted octanol–water partition coefficient (Wildman–Crippen LogP) is 8.64. The van der Waals surface area contributed by atoms with Crippen LogP contribution in [0, 0.1) is 23.7 Å². The van der Waals surface area contributed by atoms with Crippen molar-refractivity contribution in [3.63, 3.8) is 0 Å². The van der Waals surface area contributed by atoms with Gasteiger partial charge in [-0.1, -0.05) is 43.4 Å². The monoisotopic (exact) mass is 553 g/mol. The van der Waals surface area contributed by atoms with E-state index in [1.807, 2.05) is 24.3 Å². The number of aryl methyl sites for hydroxylation is 1. The number of rotatable bonds is 10. The maximum atomic E-state index is 13.3. The Labute approximate surface area is 246 Å². The molecule has 4 heteroatoms. The highest BCUT2D eigenvalue weighted by molar-refractivity contribution is 5.99. The van der Waals surface area contributed by atoms with Crippen LogP contribution in [-0.4, -0.2) is 24.7 Å². The van der Waals surface area contributed by atoms with Crippen molar-refractivity contribution in [1.82, 2.24) is 0 Å². The van der Waals surface area contributed by atoms with Crippen LogP contribution >= 0.6 is 0 Å². The fourth-order valence-electron chi connectivity index (χ4n) is 7.24. The molecule has 0 saturated heterocycles. The number of carbonyl (C=O) groups excluding carboxylic acids is 2. The lowest BCUT2D eigenvalue weighted by Gasteiger charge is -2.37. The van der Waals surface area contributed by atoms with E-state index >= 15 is 0 Å². The van der Waals surface area contributed by atoms with Gasteiger partial charge in [-0.25, -0.2) is 0 Å². The minimum Gasteiger partial charge on any atom is -0.493 e. The topological polar surface area (TPSA) is 55.4 Å². The Morgan fingerprint density at radius 2 is 1.63 bits per heavy atom. The van der Waals surface area contributed by atoms with Crippen molar-refractivity contribution in [1.29, 1.82) is 0 Å². The van der Waals surface area contributed by atoms with Crippen LogP contribution in [0.2, 0.25) is 0 Å². The zero-order valence-electron chi connectivity index (χ0n) is 25.0. The second-order valence-corrected chi connectivity index (χ2v) is 12.3. The van der Waals surface area contributed by atoms with Gasteiger partial charge >= 0.3 is 0 Å². The molecule has 218 valence electrons. The largest absolute Gasteiger partial charge is 0.493 e. The third-order valence-corrected chi connectivity index (χ3v) is 9.68. The standard InChI is InChI=1S/C37H47NO3/c1-3-27-12-21-33(25-34(27)38-4-2)37(40)31-19-15-29(16-20-31)28-13-17-30(18-14-28)35(39)10-7-8-26-11-22-36-32(24-26)9-5-6-23-41-36/h5,7,9-12,21-22,24-25,28-31,38H,3-4,6,8,13-20,23H2,1-2H3/b10-7-. The maximum absolute atomic E-state index is 13.3. The van der Waals surface area contributed by atoms with Gasteiger partial charge in [0.2, 0.25) is 0 Å². The molecule has 2 aromatic carbocycles. The Hall–Kier alpha value is -3.14. The van der Waals surface area contributed by atoms with E-state index in [9.17, 15) is 9.59 Å². The Bertz CT molecular complexity index is 1260. The lowest BCUT2D eigenvalue weighted by molar-refractivity contribution is -0.119. The fourth-order valence-corrected chi connectivity index (χ4v) is 7.24. The normalized spacial score (nSPS) is 24.3. The van der Waals surface area contributed by atoms with E-state index in [0.717, 1.165) is 106 Å². The molecule has 0 atom stereocenters. The summed E-state index contributed by atoms with van der Waals surface area (Å²) in [5.74, 6) is 3.29.